The molecule has 0 atom stereocenters. The van der Waals surface area contributed by atoms with Gasteiger partial charge in [0.1, 0.15) is 5.56 Å². The molecule has 2 rings (SSSR count). The molecule has 0 unspecified atom stereocenters. The van der Waals surface area contributed by atoms with E-state index in [0.717, 1.165) is 37.5 Å². The lowest BCUT2D eigenvalue weighted by Gasteiger charge is -2.34. The van der Waals surface area contributed by atoms with Crippen molar-refractivity contribution in [2.24, 2.45) is 5.92 Å². The number of benzene rings is 1. The van der Waals surface area contributed by atoms with Crippen molar-refractivity contribution in [3.8, 4) is 0 Å². The van der Waals surface area contributed by atoms with E-state index in [1.54, 1.807) is 6.07 Å². The van der Waals surface area contributed by atoms with Crippen LogP contribution in [0.3, 0.4) is 0 Å². The van der Waals surface area contributed by atoms with E-state index >= 15 is 0 Å². The van der Waals surface area contributed by atoms with Gasteiger partial charge in [0, 0.05) is 13.1 Å². The first kappa shape index (κ1) is 14.2. The topological polar surface area (TPSA) is 40.5 Å². The van der Waals surface area contributed by atoms with Crippen LogP contribution < -0.4 is 4.90 Å². The van der Waals surface area contributed by atoms with Crippen molar-refractivity contribution in [3.05, 3.63) is 28.8 Å². The highest BCUT2D eigenvalue weighted by molar-refractivity contribution is 6.34. The summed E-state index contributed by atoms with van der Waals surface area (Å²) in [5.41, 5.74) is 0.994. The number of rotatable bonds is 4. The fraction of sp³-hybridized carbons (Fsp3) is 0.533. The molecule has 1 aromatic rings. The first-order valence-electron chi connectivity index (χ1n) is 6.90. The third-order valence-corrected chi connectivity index (χ3v) is 4.17. The number of carboxylic acids is 1. The summed E-state index contributed by atoms with van der Waals surface area (Å²) in [6, 6.07) is 5.32. The second-order valence-corrected chi connectivity index (χ2v) is 5.57. The van der Waals surface area contributed by atoms with Crippen molar-refractivity contribution < 1.29 is 9.90 Å². The zero-order valence-electron chi connectivity index (χ0n) is 11.2. The number of carbonyl (C=O) groups is 1. The van der Waals surface area contributed by atoms with Crippen LogP contribution in [0.4, 0.5) is 5.69 Å². The molecule has 0 amide bonds. The molecule has 1 aliphatic rings. The van der Waals surface area contributed by atoms with Gasteiger partial charge < -0.3 is 10.0 Å². The second-order valence-electron chi connectivity index (χ2n) is 5.16. The van der Waals surface area contributed by atoms with E-state index in [1.807, 2.05) is 12.1 Å². The van der Waals surface area contributed by atoms with Crippen LogP contribution in [0, 0.1) is 5.92 Å². The highest BCUT2D eigenvalue weighted by Gasteiger charge is 2.23. The van der Waals surface area contributed by atoms with Crippen molar-refractivity contribution in [2.45, 2.75) is 32.6 Å². The SMILES string of the molecule is CCCC1CCN(c2cccc(Cl)c2C(=O)O)CC1. The van der Waals surface area contributed by atoms with Gasteiger partial charge in [0.2, 0.25) is 0 Å². The largest absolute Gasteiger partial charge is 0.478 e. The van der Waals surface area contributed by atoms with E-state index in [9.17, 15) is 9.90 Å². The summed E-state index contributed by atoms with van der Waals surface area (Å²) in [4.78, 5) is 13.5. The van der Waals surface area contributed by atoms with Gasteiger partial charge in [-0.1, -0.05) is 37.4 Å². The Morgan fingerprint density at radius 3 is 2.68 bits per heavy atom. The Balaban J connectivity index is 2.15. The summed E-state index contributed by atoms with van der Waals surface area (Å²) in [6.45, 7) is 4.06. The normalized spacial score (nSPS) is 16.6. The standard InChI is InChI=1S/C15H20ClNO2/c1-2-4-11-7-9-17(10-8-11)13-6-3-5-12(16)14(13)15(18)19/h3,5-6,11H,2,4,7-10H2,1H3,(H,18,19). The molecule has 19 heavy (non-hydrogen) atoms. The van der Waals surface area contributed by atoms with Crippen LogP contribution in [0.1, 0.15) is 43.0 Å². The third-order valence-electron chi connectivity index (χ3n) is 3.86. The van der Waals surface area contributed by atoms with Crippen molar-refractivity contribution in [1.29, 1.82) is 0 Å². The third kappa shape index (κ3) is 3.21. The molecule has 1 saturated heterocycles. The molecule has 0 bridgehead atoms. The van der Waals surface area contributed by atoms with Gasteiger partial charge in [0.05, 0.1) is 10.7 Å². The summed E-state index contributed by atoms with van der Waals surface area (Å²) in [7, 11) is 0. The predicted molar refractivity (Wildman–Crippen MR) is 78.3 cm³/mol. The Kier molecular flexibility index (Phi) is 4.70. The van der Waals surface area contributed by atoms with E-state index < -0.39 is 5.97 Å². The van der Waals surface area contributed by atoms with Crippen LogP contribution in [-0.2, 0) is 0 Å². The first-order valence-corrected chi connectivity index (χ1v) is 7.28. The Morgan fingerprint density at radius 2 is 2.11 bits per heavy atom. The van der Waals surface area contributed by atoms with Crippen molar-refractivity contribution in [3.63, 3.8) is 0 Å². The van der Waals surface area contributed by atoms with Crippen LogP contribution in [0.15, 0.2) is 18.2 Å². The molecular formula is C15H20ClNO2. The molecule has 1 aliphatic heterocycles. The Morgan fingerprint density at radius 1 is 1.42 bits per heavy atom. The van der Waals surface area contributed by atoms with E-state index in [2.05, 4.69) is 11.8 Å². The fourth-order valence-electron chi connectivity index (χ4n) is 2.86. The first-order chi connectivity index (χ1) is 9.13. The summed E-state index contributed by atoms with van der Waals surface area (Å²) in [6.07, 6.45) is 4.77. The summed E-state index contributed by atoms with van der Waals surface area (Å²) in [5, 5.41) is 9.62. The van der Waals surface area contributed by atoms with E-state index in [-0.39, 0.29) is 5.56 Å². The minimum Gasteiger partial charge on any atom is -0.478 e. The number of hydrogen-bond donors (Lipinski definition) is 1. The van der Waals surface area contributed by atoms with Crippen molar-refractivity contribution in [2.75, 3.05) is 18.0 Å². The molecule has 0 saturated carbocycles. The van der Waals surface area contributed by atoms with Crippen molar-refractivity contribution >= 4 is 23.3 Å². The molecule has 1 fully saturated rings. The molecule has 1 N–H and O–H groups in total. The molecule has 104 valence electrons. The molecule has 0 spiro atoms. The number of hydrogen-bond acceptors (Lipinski definition) is 2. The highest BCUT2D eigenvalue weighted by atomic mass is 35.5. The van der Waals surface area contributed by atoms with E-state index in [1.165, 1.54) is 12.8 Å². The second kappa shape index (κ2) is 6.29. The lowest BCUT2D eigenvalue weighted by atomic mass is 9.92. The fourth-order valence-corrected chi connectivity index (χ4v) is 3.11. The molecule has 0 aliphatic carbocycles. The van der Waals surface area contributed by atoms with Gasteiger partial charge in [-0.05, 0) is 30.9 Å². The Bertz CT molecular complexity index is 453. The quantitative estimate of drug-likeness (QED) is 0.905. The zero-order valence-corrected chi connectivity index (χ0v) is 12.0. The number of piperidine rings is 1. The molecule has 0 aromatic heterocycles. The van der Waals surface area contributed by atoms with Gasteiger partial charge in [-0.25, -0.2) is 4.79 Å². The maximum Gasteiger partial charge on any atom is 0.339 e. The molecule has 4 heteroatoms. The summed E-state index contributed by atoms with van der Waals surface area (Å²) >= 11 is 6.01. The molecule has 1 aromatic carbocycles. The lowest BCUT2D eigenvalue weighted by Crippen LogP contribution is -2.34. The van der Waals surface area contributed by atoms with Gasteiger partial charge in [0.25, 0.3) is 0 Å². The minimum atomic E-state index is -0.948. The zero-order chi connectivity index (χ0) is 13.8. The van der Waals surface area contributed by atoms with Crippen LogP contribution in [0.25, 0.3) is 0 Å². The van der Waals surface area contributed by atoms with Crippen LogP contribution in [0.5, 0.6) is 0 Å². The average Bonchev–Trinajstić information content (AvgIpc) is 2.39. The smallest absolute Gasteiger partial charge is 0.339 e. The van der Waals surface area contributed by atoms with Gasteiger partial charge >= 0.3 is 5.97 Å². The van der Waals surface area contributed by atoms with Gasteiger partial charge in [-0.15, -0.1) is 0 Å². The van der Waals surface area contributed by atoms with Crippen molar-refractivity contribution in [1.82, 2.24) is 0 Å². The monoisotopic (exact) mass is 281 g/mol. The Labute approximate surface area is 119 Å². The Hall–Kier alpha value is -1.22. The van der Waals surface area contributed by atoms with Gasteiger partial charge in [-0.2, -0.15) is 0 Å². The number of nitrogens with zero attached hydrogens (tertiary/aromatic N) is 1. The average molecular weight is 282 g/mol. The predicted octanol–water partition coefficient (Wildman–Crippen LogP) is 4.05. The van der Waals surface area contributed by atoms with Crippen LogP contribution >= 0.6 is 11.6 Å². The number of aromatic carboxylic acids is 1. The number of halogens is 1. The number of carboxylic acid groups (broad SMARTS) is 1. The number of anilines is 1. The van der Waals surface area contributed by atoms with E-state index in [4.69, 9.17) is 11.6 Å². The molecule has 3 nitrogen and oxygen atoms in total. The van der Waals surface area contributed by atoms with Crippen LogP contribution in [0.2, 0.25) is 5.02 Å². The summed E-state index contributed by atoms with van der Waals surface area (Å²) in [5.74, 6) is -0.162. The maximum absolute atomic E-state index is 11.3. The highest BCUT2D eigenvalue weighted by Crippen LogP contribution is 2.31. The lowest BCUT2D eigenvalue weighted by molar-refractivity contribution is 0.0697. The van der Waals surface area contributed by atoms with Crippen LogP contribution in [-0.4, -0.2) is 24.2 Å². The van der Waals surface area contributed by atoms with Gasteiger partial charge in [-0.3, -0.25) is 0 Å². The maximum atomic E-state index is 11.3. The minimum absolute atomic E-state index is 0.234. The molecule has 1 heterocycles. The molecule has 0 radical (unpaired) electrons. The molecular weight excluding hydrogens is 262 g/mol. The summed E-state index contributed by atoms with van der Waals surface area (Å²) < 4.78 is 0. The van der Waals surface area contributed by atoms with Gasteiger partial charge in [0.15, 0.2) is 0 Å². The van der Waals surface area contributed by atoms with E-state index in [0.29, 0.717) is 5.02 Å².